The molecule has 48 heavy (non-hydrogen) atoms. The lowest BCUT2D eigenvalue weighted by Crippen LogP contribution is -2.62. The minimum absolute atomic E-state index is 0.0250. The zero-order valence-electron chi connectivity index (χ0n) is 27.9. The van der Waals surface area contributed by atoms with Gasteiger partial charge in [-0.3, -0.25) is 24.1 Å². The van der Waals surface area contributed by atoms with E-state index in [0.717, 1.165) is 6.07 Å². The van der Waals surface area contributed by atoms with E-state index in [-0.39, 0.29) is 37.5 Å². The molecule has 2 heterocycles. The first-order chi connectivity index (χ1) is 23.0. The Morgan fingerprint density at radius 1 is 0.979 bits per heavy atom. The molecular formula is C34H48F2N6O6. The molecule has 2 unspecified atom stereocenters. The molecule has 0 radical (unpaired) electrons. The maximum absolute atomic E-state index is 14.9. The quantitative estimate of drug-likeness (QED) is 0.310. The van der Waals surface area contributed by atoms with Crippen LogP contribution in [-0.2, 0) is 30.3 Å². The highest BCUT2D eigenvalue weighted by Crippen LogP contribution is 2.44. The molecule has 3 saturated carbocycles. The van der Waals surface area contributed by atoms with Gasteiger partial charge in [-0.15, -0.1) is 0 Å². The van der Waals surface area contributed by atoms with Gasteiger partial charge in [-0.05, 0) is 69.2 Å². The number of hydrogen-bond donors (Lipinski definition) is 3. The fourth-order valence-electron chi connectivity index (χ4n) is 5.85. The van der Waals surface area contributed by atoms with E-state index in [1.54, 1.807) is 43.9 Å². The number of rotatable bonds is 12. The van der Waals surface area contributed by atoms with E-state index in [9.17, 15) is 32.8 Å². The van der Waals surface area contributed by atoms with Crippen molar-refractivity contribution in [2.45, 2.75) is 82.5 Å². The van der Waals surface area contributed by atoms with Gasteiger partial charge in [0.15, 0.2) is 5.67 Å². The average molecular weight is 675 g/mol. The van der Waals surface area contributed by atoms with Gasteiger partial charge in [0.05, 0.1) is 18.8 Å². The number of hydrogen-bond acceptors (Lipinski definition) is 7. The summed E-state index contributed by atoms with van der Waals surface area (Å²) >= 11 is 0. The van der Waals surface area contributed by atoms with E-state index in [1.807, 2.05) is 7.05 Å². The van der Waals surface area contributed by atoms with Crippen LogP contribution in [-0.4, -0.2) is 115 Å². The highest BCUT2D eigenvalue weighted by atomic mass is 19.1. The van der Waals surface area contributed by atoms with Gasteiger partial charge in [-0.25, -0.2) is 13.6 Å². The Kier molecular flexibility index (Phi) is 11.5. The maximum atomic E-state index is 14.9. The summed E-state index contributed by atoms with van der Waals surface area (Å²) in [6.45, 7) is 3.97. The molecule has 6 rings (SSSR count). The second-order valence-corrected chi connectivity index (χ2v) is 13.7. The molecule has 1 aromatic carbocycles. The number of amides is 5. The number of piperazine rings is 1. The van der Waals surface area contributed by atoms with Crippen molar-refractivity contribution in [3.63, 3.8) is 0 Å². The van der Waals surface area contributed by atoms with Crippen molar-refractivity contribution in [2.24, 2.45) is 11.8 Å². The lowest BCUT2D eigenvalue weighted by molar-refractivity contribution is -0.140. The van der Waals surface area contributed by atoms with Crippen LogP contribution in [0.5, 0.6) is 0 Å². The number of nitrogens with zero attached hydrogens (tertiary/aromatic N) is 3. The number of likely N-dealkylation sites (N-methyl/N-ethyl adjacent to an activating group) is 1. The standard InChI is InChI=1S/C27H36F2N6O6.C7H12/c1-3-41-26(40)35-9-6-21(35)23(37)32-20(24(38)34-12-10-33(2)11-13-34)15-17-4-5-19(18(28)14-17)31-22(36)16-30-25(39)27(29)7-8-27;1-2-6(1)5-7-3-4-7/h4-5,14,20-21H,3,6-13,15-16H2,1-2H3,(H,30,39)(H,31,36)(H,32,37);6-7H,1-5H2. The van der Waals surface area contributed by atoms with Crippen LogP contribution in [0.15, 0.2) is 18.2 Å². The lowest BCUT2D eigenvalue weighted by atomic mass is 10.00. The molecule has 14 heteroatoms. The second kappa shape index (κ2) is 15.6. The van der Waals surface area contributed by atoms with Crippen LogP contribution in [0.1, 0.15) is 63.9 Å². The molecule has 5 aliphatic rings. The van der Waals surface area contributed by atoms with Crippen molar-refractivity contribution in [3.05, 3.63) is 29.6 Å². The minimum atomic E-state index is -1.92. The van der Waals surface area contributed by atoms with Crippen LogP contribution in [0.2, 0.25) is 0 Å². The predicted molar refractivity (Wildman–Crippen MR) is 173 cm³/mol. The number of benzene rings is 1. The van der Waals surface area contributed by atoms with Crippen LogP contribution in [0, 0.1) is 17.7 Å². The topological polar surface area (TPSA) is 140 Å². The van der Waals surface area contributed by atoms with Crippen LogP contribution >= 0.6 is 0 Å². The van der Waals surface area contributed by atoms with Gasteiger partial charge in [0, 0.05) is 39.1 Å². The van der Waals surface area contributed by atoms with Crippen molar-refractivity contribution < 1.29 is 37.5 Å². The first-order valence-corrected chi connectivity index (χ1v) is 17.2. The van der Waals surface area contributed by atoms with Crippen LogP contribution in [0.25, 0.3) is 0 Å². The van der Waals surface area contributed by atoms with Crippen LogP contribution in [0.3, 0.4) is 0 Å². The summed E-state index contributed by atoms with van der Waals surface area (Å²) in [5.74, 6) is -0.811. The van der Waals surface area contributed by atoms with E-state index in [4.69, 9.17) is 4.74 Å². The fraction of sp³-hybridized carbons (Fsp3) is 0.676. The number of alkyl halides is 1. The third kappa shape index (κ3) is 9.86. The maximum Gasteiger partial charge on any atom is 0.410 e. The monoisotopic (exact) mass is 674 g/mol. The van der Waals surface area contributed by atoms with Crippen molar-refractivity contribution in [1.82, 2.24) is 25.3 Å². The zero-order valence-corrected chi connectivity index (χ0v) is 27.9. The van der Waals surface area contributed by atoms with Gasteiger partial charge in [0.2, 0.25) is 17.7 Å². The number of ether oxygens (including phenoxy) is 1. The average Bonchev–Trinajstić information content (AvgIpc) is 3.90. The Bertz CT molecular complexity index is 1350. The van der Waals surface area contributed by atoms with Gasteiger partial charge < -0.3 is 30.5 Å². The Morgan fingerprint density at radius 3 is 2.19 bits per heavy atom. The largest absolute Gasteiger partial charge is 0.450 e. The Balaban J connectivity index is 0.000000562. The normalized spacial score (nSPS) is 21.9. The summed E-state index contributed by atoms with van der Waals surface area (Å²) in [5, 5.41) is 7.29. The molecule has 3 N–H and O–H groups in total. The van der Waals surface area contributed by atoms with Crippen molar-refractivity contribution >= 4 is 35.4 Å². The van der Waals surface area contributed by atoms with Crippen molar-refractivity contribution in [1.29, 1.82) is 0 Å². The molecule has 2 atom stereocenters. The summed E-state index contributed by atoms with van der Waals surface area (Å²) in [4.78, 5) is 67.5. The first kappa shape index (κ1) is 35.5. The number of anilines is 1. The minimum Gasteiger partial charge on any atom is -0.450 e. The number of carbonyl (C=O) groups is 5. The third-order valence-corrected chi connectivity index (χ3v) is 9.57. The molecule has 0 spiro atoms. The molecule has 5 amide bonds. The van der Waals surface area contributed by atoms with E-state index in [2.05, 4.69) is 20.9 Å². The Hall–Kier alpha value is -3.81. The highest BCUT2D eigenvalue weighted by Gasteiger charge is 2.50. The van der Waals surface area contributed by atoms with Gasteiger partial charge in [0.1, 0.15) is 17.9 Å². The molecule has 0 aromatic heterocycles. The smallest absolute Gasteiger partial charge is 0.410 e. The number of likely N-dealkylation sites (tertiary alicyclic amines) is 1. The Morgan fingerprint density at radius 2 is 1.65 bits per heavy atom. The van der Waals surface area contributed by atoms with Crippen LogP contribution in [0.4, 0.5) is 19.3 Å². The van der Waals surface area contributed by atoms with Gasteiger partial charge in [-0.2, -0.15) is 0 Å². The summed E-state index contributed by atoms with van der Waals surface area (Å²) < 4.78 is 33.6. The van der Waals surface area contributed by atoms with E-state index >= 15 is 0 Å². The Labute approximate surface area is 280 Å². The van der Waals surface area contributed by atoms with E-state index < -0.39 is 53.9 Å². The van der Waals surface area contributed by atoms with Crippen molar-refractivity contribution in [3.8, 4) is 0 Å². The molecule has 5 fully saturated rings. The molecule has 0 bridgehead atoms. The number of nitrogens with one attached hydrogen (secondary N) is 3. The number of halogens is 2. The molecule has 1 aromatic rings. The molecular weight excluding hydrogens is 626 g/mol. The zero-order chi connectivity index (χ0) is 34.4. The molecule has 2 saturated heterocycles. The van der Waals surface area contributed by atoms with Gasteiger partial charge in [-0.1, -0.05) is 31.7 Å². The van der Waals surface area contributed by atoms with Gasteiger partial charge in [0.25, 0.3) is 5.91 Å². The first-order valence-electron chi connectivity index (χ1n) is 17.2. The van der Waals surface area contributed by atoms with E-state index in [1.165, 1.54) is 28.9 Å². The molecule has 2 aliphatic heterocycles. The SMILES string of the molecule is C1CC1CC1CC1.CCOC(=O)N1CCC1C(=O)NC(Cc1ccc(NC(=O)CNC(=O)C2(F)CC2)c(F)c1)C(=O)N1CCN(C)CC1. The lowest BCUT2D eigenvalue weighted by Gasteiger charge is -2.40. The molecule has 12 nitrogen and oxygen atoms in total. The molecule has 3 aliphatic carbocycles. The summed E-state index contributed by atoms with van der Waals surface area (Å²) in [6, 6.07) is 2.21. The predicted octanol–water partition coefficient (Wildman–Crippen LogP) is 2.61. The summed E-state index contributed by atoms with van der Waals surface area (Å²) in [5.41, 5.74) is -1.68. The fourth-order valence-corrected chi connectivity index (χ4v) is 5.85. The van der Waals surface area contributed by atoms with Gasteiger partial charge >= 0.3 is 6.09 Å². The third-order valence-electron chi connectivity index (χ3n) is 9.57. The second-order valence-electron chi connectivity index (χ2n) is 13.7. The summed E-state index contributed by atoms with van der Waals surface area (Å²) in [6.07, 6.45) is 7.81. The van der Waals surface area contributed by atoms with E-state index in [0.29, 0.717) is 44.7 Å². The number of carbonyl (C=O) groups excluding carboxylic acids is 5. The highest BCUT2D eigenvalue weighted by molar-refractivity contribution is 5.97. The summed E-state index contributed by atoms with van der Waals surface area (Å²) in [7, 11) is 1.95. The van der Waals surface area contributed by atoms with Crippen molar-refractivity contribution in [2.75, 3.05) is 58.2 Å². The molecule has 264 valence electrons. The van der Waals surface area contributed by atoms with Crippen LogP contribution < -0.4 is 16.0 Å².